The van der Waals surface area contributed by atoms with Crippen molar-refractivity contribution < 1.29 is 14.7 Å². The maximum Gasteiger partial charge on any atom is 0.326 e. The predicted octanol–water partition coefficient (Wildman–Crippen LogP) is 2.90. The summed E-state index contributed by atoms with van der Waals surface area (Å²) < 4.78 is 0. The third-order valence-corrected chi connectivity index (χ3v) is 4.00. The highest BCUT2D eigenvalue weighted by Crippen LogP contribution is 2.26. The lowest BCUT2D eigenvalue weighted by molar-refractivity contribution is -0.141. The number of aliphatic carboxylic acids is 1. The summed E-state index contributed by atoms with van der Waals surface area (Å²) in [5.74, 6) is -0.873. The fourth-order valence-electron chi connectivity index (χ4n) is 3.02. The second-order valence-corrected chi connectivity index (χ2v) is 6.45. The molecular formula is C15H28N2O3. The minimum absolute atomic E-state index is 0.0567. The van der Waals surface area contributed by atoms with Crippen LogP contribution in [-0.2, 0) is 4.79 Å². The Morgan fingerprint density at radius 2 is 1.85 bits per heavy atom. The van der Waals surface area contributed by atoms with Crippen molar-refractivity contribution in [2.75, 3.05) is 0 Å². The summed E-state index contributed by atoms with van der Waals surface area (Å²) in [6, 6.07) is -1.14. The topological polar surface area (TPSA) is 78.4 Å². The molecule has 0 aliphatic heterocycles. The van der Waals surface area contributed by atoms with Gasteiger partial charge >= 0.3 is 12.0 Å². The lowest BCUT2D eigenvalue weighted by Gasteiger charge is -2.31. The van der Waals surface area contributed by atoms with E-state index in [4.69, 9.17) is 0 Å². The SMILES string of the molecule is CCCC(C)(C)NC(=O)NC(C(=O)O)C1CCCCC1. The number of carboxylic acids is 1. The van der Waals surface area contributed by atoms with Gasteiger partial charge in [-0.3, -0.25) is 0 Å². The highest BCUT2D eigenvalue weighted by molar-refractivity contribution is 5.83. The molecule has 1 rings (SSSR count). The third-order valence-electron chi connectivity index (χ3n) is 4.00. The summed E-state index contributed by atoms with van der Waals surface area (Å²) in [7, 11) is 0. The van der Waals surface area contributed by atoms with Gasteiger partial charge in [-0.2, -0.15) is 0 Å². The van der Waals surface area contributed by atoms with Crippen LogP contribution in [0.25, 0.3) is 0 Å². The average Bonchev–Trinajstić information content (AvgIpc) is 2.36. The third kappa shape index (κ3) is 5.39. The quantitative estimate of drug-likeness (QED) is 0.701. The summed E-state index contributed by atoms with van der Waals surface area (Å²) in [5, 5.41) is 14.9. The maximum atomic E-state index is 12.0. The smallest absolute Gasteiger partial charge is 0.326 e. The normalized spacial score (nSPS) is 18.4. The monoisotopic (exact) mass is 284 g/mol. The van der Waals surface area contributed by atoms with E-state index in [0.717, 1.165) is 38.5 Å². The van der Waals surface area contributed by atoms with Crippen molar-refractivity contribution in [2.24, 2.45) is 5.92 Å². The summed E-state index contributed by atoms with van der Waals surface area (Å²) >= 11 is 0. The number of amides is 2. The number of carbonyl (C=O) groups excluding carboxylic acids is 1. The number of hydrogen-bond donors (Lipinski definition) is 3. The lowest BCUT2D eigenvalue weighted by Crippen LogP contribution is -2.54. The van der Waals surface area contributed by atoms with Crippen molar-refractivity contribution in [1.29, 1.82) is 0 Å². The zero-order valence-corrected chi connectivity index (χ0v) is 12.9. The van der Waals surface area contributed by atoms with Crippen LogP contribution in [0.3, 0.4) is 0 Å². The van der Waals surface area contributed by atoms with Crippen LogP contribution >= 0.6 is 0 Å². The number of rotatable bonds is 6. The van der Waals surface area contributed by atoms with Gasteiger partial charge in [-0.05, 0) is 39.0 Å². The molecule has 20 heavy (non-hydrogen) atoms. The molecule has 0 aromatic heterocycles. The Labute approximate surface area is 121 Å². The van der Waals surface area contributed by atoms with Gasteiger partial charge in [0.15, 0.2) is 0 Å². The van der Waals surface area contributed by atoms with Gasteiger partial charge in [-0.15, -0.1) is 0 Å². The number of urea groups is 1. The molecule has 3 N–H and O–H groups in total. The van der Waals surface area contributed by atoms with Crippen molar-refractivity contribution >= 4 is 12.0 Å². The fourth-order valence-corrected chi connectivity index (χ4v) is 3.02. The van der Waals surface area contributed by atoms with Gasteiger partial charge < -0.3 is 15.7 Å². The summed E-state index contributed by atoms with van der Waals surface area (Å²) in [4.78, 5) is 23.4. The average molecular weight is 284 g/mol. The van der Waals surface area contributed by atoms with Gasteiger partial charge in [0.2, 0.25) is 0 Å². The van der Waals surface area contributed by atoms with Crippen LogP contribution in [0.15, 0.2) is 0 Å². The summed E-state index contributed by atoms with van der Waals surface area (Å²) in [5.41, 5.74) is -0.311. The maximum absolute atomic E-state index is 12.0. The first-order valence-electron chi connectivity index (χ1n) is 7.67. The molecule has 1 saturated carbocycles. The Hall–Kier alpha value is -1.26. The molecule has 0 bridgehead atoms. The van der Waals surface area contributed by atoms with Crippen LogP contribution in [0.4, 0.5) is 4.79 Å². The molecule has 1 aliphatic rings. The largest absolute Gasteiger partial charge is 0.480 e. The van der Waals surface area contributed by atoms with Crippen molar-refractivity contribution in [2.45, 2.75) is 77.3 Å². The first-order valence-corrected chi connectivity index (χ1v) is 7.67. The van der Waals surface area contributed by atoms with Crippen molar-refractivity contribution in [1.82, 2.24) is 10.6 Å². The highest BCUT2D eigenvalue weighted by atomic mass is 16.4. The van der Waals surface area contributed by atoms with E-state index in [1.54, 1.807) is 0 Å². The first kappa shape index (κ1) is 16.8. The van der Waals surface area contributed by atoms with Crippen molar-refractivity contribution in [3.63, 3.8) is 0 Å². The van der Waals surface area contributed by atoms with Gasteiger partial charge in [0.25, 0.3) is 0 Å². The molecule has 0 spiro atoms. The van der Waals surface area contributed by atoms with Crippen LogP contribution < -0.4 is 10.6 Å². The molecular weight excluding hydrogens is 256 g/mol. The Kier molecular flexibility index (Phi) is 6.30. The molecule has 1 fully saturated rings. The summed E-state index contributed by atoms with van der Waals surface area (Å²) in [6.45, 7) is 5.96. The van der Waals surface area contributed by atoms with Crippen molar-refractivity contribution in [3.8, 4) is 0 Å². The van der Waals surface area contributed by atoms with E-state index in [9.17, 15) is 14.7 Å². The number of hydrogen-bond acceptors (Lipinski definition) is 2. The molecule has 0 saturated heterocycles. The Bertz CT molecular complexity index is 336. The molecule has 116 valence electrons. The van der Waals surface area contributed by atoms with Crippen LogP contribution in [0.2, 0.25) is 0 Å². The van der Waals surface area contributed by atoms with E-state index >= 15 is 0 Å². The standard InChI is InChI=1S/C15H28N2O3/c1-4-10-15(2,3)17-14(20)16-12(13(18)19)11-8-6-5-7-9-11/h11-12H,4-10H2,1-3H3,(H,18,19)(H2,16,17,20). The van der Waals surface area contributed by atoms with Crippen molar-refractivity contribution in [3.05, 3.63) is 0 Å². The fraction of sp³-hybridized carbons (Fsp3) is 0.867. The van der Waals surface area contributed by atoms with E-state index < -0.39 is 12.0 Å². The van der Waals surface area contributed by atoms with Gasteiger partial charge in [0, 0.05) is 5.54 Å². The van der Waals surface area contributed by atoms with Gasteiger partial charge in [-0.1, -0.05) is 32.6 Å². The Morgan fingerprint density at radius 1 is 1.25 bits per heavy atom. The van der Waals surface area contributed by atoms with E-state index in [2.05, 4.69) is 17.6 Å². The Balaban J connectivity index is 2.56. The molecule has 2 amide bonds. The zero-order valence-electron chi connectivity index (χ0n) is 12.9. The molecule has 0 radical (unpaired) electrons. The van der Waals surface area contributed by atoms with Crippen LogP contribution in [0, 0.1) is 5.92 Å². The van der Waals surface area contributed by atoms with Gasteiger partial charge in [0.05, 0.1) is 0 Å². The van der Waals surface area contributed by atoms with Crippen LogP contribution in [0.1, 0.15) is 65.7 Å². The lowest BCUT2D eigenvalue weighted by atomic mass is 9.84. The minimum atomic E-state index is -0.930. The van der Waals surface area contributed by atoms with Gasteiger partial charge in [-0.25, -0.2) is 9.59 Å². The molecule has 1 unspecified atom stereocenters. The van der Waals surface area contributed by atoms with E-state index in [1.165, 1.54) is 6.42 Å². The minimum Gasteiger partial charge on any atom is -0.480 e. The van der Waals surface area contributed by atoms with Gasteiger partial charge in [0.1, 0.15) is 6.04 Å². The molecule has 5 nitrogen and oxygen atoms in total. The van der Waals surface area contributed by atoms with Crippen LogP contribution in [-0.4, -0.2) is 28.7 Å². The molecule has 0 aromatic carbocycles. The second-order valence-electron chi connectivity index (χ2n) is 6.45. The first-order chi connectivity index (χ1) is 9.35. The number of carbonyl (C=O) groups is 2. The molecule has 5 heteroatoms. The Morgan fingerprint density at radius 3 is 2.35 bits per heavy atom. The molecule has 0 aromatic rings. The molecule has 1 aliphatic carbocycles. The van der Waals surface area contributed by atoms with E-state index in [-0.39, 0.29) is 17.5 Å². The predicted molar refractivity (Wildman–Crippen MR) is 78.7 cm³/mol. The van der Waals surface area contributed by atoms with Crippen LogP contribution in [0.5, 0.6) is 0 Å². The molecule has 1 atom stereocenters. The molecule has 0 heterocycles. The van der Waals surface area contributed by atoms with E-state index in [0.29, 0.717) is 0 Å². The second kappa shape index (κ2) is 7.50. The number of carboxylic acid groups (broad SMARTS) is 1. The van der Waals surface area contributed by atoms with E-state index in [1.807, 2.05) is 13.8 Å². The summed E-state index contributed by atoms with van der Waals surface area (Å²) in [6.07, 6.45) is 6.88. The highest BCUT2D eigenvalue weighted by Gasteiger charge is 2.31. The number of nitrogens with one attached hydrogen (secondary N) is 2. The zero-order chi connectivity index (χ0) is 15.2.